The third-order valence-corrected chi connectivity index (χ3v) is 4.21. The van der Waals surface area contributed by atoms with Crippen molar-refractivity contribution in [3.05, 3.63) is 42.0 Å². The zero-order valence-corrected chi connectivity index (χ0v) is 10.9. The summed E-state index contributed by atoms with van der Waals surface area (Å²) < 4.78 is 0. The Labute approximate surface area is 110 Å². The SMILES string of the molecule is C(=C\c1ccccc1)/CNC1CCN2CCCC12. The van der Waals surface area contributed by atoms with Crippen molar-refractivity contribution in [2.45, 2.75) is 31.3 Å². The molecule has 0 aliphatic carbocycles. The molecular formula is C16H22N2. The van der Waals surface area contributed by atoms with E-state index < -0.39 is 0 Å². The number of benzene rings is 1. The first kappa shape index (κ1) is 11.9. The fourth-order valence-electron chi connectivity index (χ4n) is 3.30. The van der Waals surface area contributed by atoms with Crippen molar-refractivity contribution in [2.24, 2.45) is 0 Å². The maximum absolute atomic E-state index is 3.69. The number of hydrogen-bond acceptors (Lipinski definition) is 2. The molecule has 1 aromatic carbocycles. The van der Waals surface area contributed by atoms with Crippen LogP contribution in [0.5, 0.6) is 0 Å². The van der Waals surface area contributed by atoms with Crippen molar-refractivity contribution in [2.75, 3.05) is 19.6 Å². The van der Waals surface area contributed by atoms with Crippen LogP contribution in [0.1, 0.15) is 24.8 Å². The molecule has 2 fully saturated rings. The van der Waals surface area contributed by atoms with E-state index in [0.717, 1.165) is 12.6 Å². The lowest BCUT2D eigenvalue weighted by atomic mass is 10.1. The Kier molecular flexibility index (Phi) is 3.77. The Bertz CT molecular complexity index is 399. The van der Waals surface area contributed by atoms with Gasteiger partial charge in [0.25, 0.3) is 0 Å². The Balaban J connectivity index is 1.46. The maximum Gasteiger partial charge on any atom is 0.0250 e. The molecule has 3 rings (SSSR count). The van der Waals surface area contributed by atoms with Gasteiger partial charge in [-0.1, -0.05) is 42.5 Å². The first-order valence-electron chi connectivity index (χ1n) is 7.12. The largest absolute Gasteiger partial charge is 0.309 e. The molecule has 0 bridgehead atoms. The van der Waals surface area contributed by atoms with E-state index in [1.165, 1.54) is 37.9 Å². The van der Waals surface area contributed by atoms with Crippen molar-refractivity contribution < 1.29 is 0 Å². The van der Waals surface area contributed by atoms with Gasteiger partial charge < -0.3 is 5.32 Å². The van der Waals surface area contributed by atoms with Gasteiger partial charge in [0.05, 0.1) is 0 Å². The molecule has 0 aromatic heterocycles. The van der Waals surface area contributed by atoms with Crippen LogP contribution in [0, 0.1) is 0 Å². The molecule has 2 heterocycles. The summed E-state index contributed by atoms with van der Waals surface area (Å²) in [5.74, 6) is 0. The van der Waals surface area contributed by atoms with Gasteiger partial charge in [-0.25, -0.2) is 0 Å². The highest BCUT2D eigenvalue weighted by Crippen LogP contribution is 2.27. The third-order valence-electron chi connectivity index (χ3n) is 4.21. The van der Waals surface area contributed by atoms with Crippen molar-refractivity contribution in [1.29, 1.82) is 0 Å². The van der Waals surface area contributed by atoms with Crippen molar-refractivity contribution in [1.82, 2.24) is 10.2 Å². The van der Waals surface area contributed by atoms with Gasteiger partial charge in [0.15, 0.2) is 0 Å². The van der Waals surface area contributed by atoms with E-state index in [-0.39, 0.29) is 0 Å². The zero-order chi connectivity index (χ0) is 12.2. The Morgan fingerprint density at radius 2 is 2.06 bits per heavy atom. The summed E-state index contributed by atoms with van der Waals surface area (Å²) in [4.78, 5) is 2.65. The van der Waals surface area contributed by atoms with Crippen molar-refractivity contribution >= 4 is 6.08 Å². The standard InChI is InChI=1S/C16H22N2/c1-2-6-14(7-3-1)8-4-11-17-15-10-13-18-12-5-9-16(15)18/h1-4,6-8,15-17H,5,9-13H2/b8-4+. The van der Waals surface area contributed by atoms with E-state index in [4.69, 9.17) is 0 Å². The highest BCUT2D eigenvalue weighted by molar-refractivity contribution is 5.48. The molecule has 1 aromatic rings. The van der Waals surface area contributed by atoms with Crippen molar-refractivity contribution in [3.8, 4) is 0 Å². The minimum atomic E-state index is 0.716. The summed E-state index contributed by atoms with van der Waals surface area (Å²) in [6, 6.07) is 12.0. The molecule has 0 amide bonds. The van der Waals surface area contributed by atoms with Gasteiger partial charge in [-0.05, 0) is 31.4 Å². The maximum atomic E-state index is 3.69. The first-order chi connectivity index (χ1) is 8.93. The van der Waals surface area contributed by atoms with Crippen LogP contribution in [0.2, 0.25) is 0 Å². The first-order valence-corrected chi connectivity index (χ1v) is 7.12. The molecule has 2 atom stereocenters. The quantitative estimate of drug-likeness (QED) is 0.873. The molecule has 1 N–H and O–H groups in total. The average molecular weight is 242 g/mol. The minimum absolute atomic E-state index is 0.716. The van der Waals surface area contributed by atoms with Crippen LogP contribution in [0.25, 0.3) is 6.08 Å². The molecule has 2 aliphatic rings. The lowest BCUT2D eigenvalue weighted by Gasteiger charge is -2.20. The van der Waals surface area contributed by atoms with Gasteiger partial charge in [-0.15, -0.1) is 0 Å². The van der Waals surface area contributed by atoms with Crippen LogP contribution in [0.3, 0.4) is 0 Å². The van der Waals surface area contributed by atoms with E-state index in [9.17, 15) is 0 Å². The Morgan fingerprint density at radius 1 is 1.17 bits per heavy atom. The summed E-state index contributed by atoms with van der Waals surface area (Å²) in [5, 5.41) is 3.69. The van der Waals surface area contributed by atoms with E-state index in [1.807, 2.05) is 0 Å². The zero-order valence-electron chi connectivity index (χ0n) is 10.9. The molecule has 2 nitrogen and oxygen atoms in total. The second-order valence-corrected chi connectivity index (χ2v) is 5.36. The summed E-state index contributed by atoms with van der Waals surface area (Å²) in [6.45, 7) is 3.61. The normalized spacial score (nSPS) is 28.0. The molecular weight excluding hydrogens is 220 g/mol. The monoisotopic (exact) mass is 242 g/mol. The smallest absolute Gasteiger partial charge is 0.0250 e. The second-order valence-electron chi connectivity index (χ2n) is 5.36. The number of nitrogens with one attached hydrogen (secondary N) is 1. The molecule has 2 unspecified atom stereocenters. The molecule has 96 valence electrons. The summed E-state index contributed by atoms with van der Waals surface area (Å²) in [5.41, 5.74) is 1.29. The van der Waals surface area contributed by atoms with Crippen LogP contribution in [-0.4, -0.2) is 36.6 Å². The number of fused-ring (bicyclic) bond motifs is 1. The highest BCUT2D eigenvalue weighted by Gasteiger charge is 2.36. The van der Waals surface area contributed by atoms with Gasteiger partial charge in [0.1, 0.15) is 0 Å². The van der Waals surface area contributed by atoms with Crippen LogP contribution in [0.15, 0.2) is 36.4 Å². The fourth-order valence-corrected chi connectivity index (χ4v) is 3.30. The Hall–Kier alpha value is -1.12. The van der Waals surface area contributed by atoms with Gasteiger partial charge in [-0.3, -0.25) is 4.90 Å². The third kappa shape index (κ3) is 2.65. The summed E-state index contributed by atoms with van der Waals surface area (Å²) in [6.07, 6.45) is 8.55. The van der Waals surface area contributed by atoms with Crippen LogP contribution < -0.4 is 5.32 Å². The summed E-state index contributed by atoms with van der Waals surface area (Å²) >= 11 is 0. The molecule has 2 heteroatoms. The van der Waals surface area contributed by atoms with Crippen LogP contribution in [-0.2, 0) is 0 Å². The highest BCUT2D eigenvalue weighted by atomic mass is 15.2. The average Bonchev–Trinajstić information content (AvgIpc) is 3.00. The molecule has 0 saturated carbocycles. The van der Waals surface area contributed by atoms with E-state index in [0.29, 0.717) is 6.04 Å². The van der Waals surface area contributed by atoms with E-state index >= 15 is 0 Å². The minimum Gasteiger partial charge on any atom is -0.309 e. The number of hydrogen-bond donors (Lipinski definition) is 1. The molecule has 0 spiro atoms. The predicted octanol–water partition coefficient (Wildman–Crippen LogP) is 2.53. The number of rotatable bonds is 4. The van der Waals surface area contributed by atoms with Crippen LogP contribution in [0.4, 0.5) is 0 Å². The van der Waals surface area contributed by atoms with Crippen LogP contribution >= 0.6 is 0 Å². The number of nitrogens with zero attached hydrogens (tertiary/aromatic N) is 1. The van der Waals surface area contributed by atoms with Gasteiger partial charge in [0, 0.05) is 25.2 Å². The summed E-state index contributed by atoms with van der Waals surface area (Å²) in [7, 11) is 0. The molecule has 0 radical (unpaired) electrons. The fraction of sp³-hybridized carbons (Fsp3) is 0.500. The lowest BCUT2D eigenvalue weighted by Crippen LogP contribution is -2.39. The topological polar surface area (TPSA) is 15.3 Å². The van der Waals surface area contributed by atoms with Gasteiger partial charge in [0.2, 0.25) is 0 Å². The molecule has 2 aliphatic heterocycles. The molecule has 2 saturated heterocycles. The Morgan fingerprint density at radius 3 is 2.94 bits per heavy atom. The van der Waals surface area contributed by atoms with E-state index in [1.54, 1.807) is 0 Å². The predicted molar refractivity (Wildman–Crippen MR) is 76.5 cm³/mol. The molecule has 18 heavy (non-hydrogen) atoms. The van der Waals surface area contributed by atoms with Gasteiger partial charge in [-0.2, -0.15) is 0 Å². The lowest BCUT2D eigenvalue weighted by molar-refractivity contribution is 0.302. The van der Waals surface area contributed by atoms with Gasteiger partial charge >= 0.3 is 0 Å². The van der Waals surface area contributed by atoms with E-state index in [2.05, 4.69) is 52.7 Å². The second kappa shape index (κ2) is 5.68. The van der Waals surface area contributed by atoms with Crippen molar-refractivity contribution in [3.63, 3.8) is 0 Å².